The number of carbonyl (C=O) groups excluding carboxylic acids is 1. The minimum absolute atomic E-state index is 0.338. The highest BCUT2D eigenvalue weighted by Crippen LogP contribution is 2.15. The van der Waals surface area contributed by atoms with Gasteiger partial charge in [-0.2, -0.15) is 0 Å². The molecule has 0 aromatic heterocycles. The maximum absolute atomic E-state index is 13.0. The zero-order valence-corrected chi connectivity index (χ0v) is 10.0. The van der Waals surface area contributed by atoms with Gasteiger partial charge in [0.25, 0.3) is 0 Å². The van der Waals surface area contributed by atoms with Crippen molar-refractivity contribution in [2.45, 2.75) is 13.3 Å². The Morgan fingerprint density at radius 1 is 1.47 bits per heavy atom. The van der Waals surface area contributed by atoms with E-state index in [2.05, 4.69) is 10.6 Å². The van der Waals surface area contributed by atoms with E-state index in [1.54, 1.807) is 20.1 Å². The molecule has 1 rings (SSSR count). The lowest BCUT2D eigenvalue weighted by Gasteiger charge is -2.09. The molecule has 0 atom stereocenters. The fourth-order valence-corrected chi connectivity index (χ4v) is 1.31. The first-order valence-corrected chi connectivity index (χ1v) is 5.43. The summed E-state index contributed by atoms with van der Waals surface area (Å²) in [6.45, 7) is 2.92. The van der Waals surface area contributed by atoms with Crippen LogP contribution in [0.1, 0.15) is 12.0 Å². The second-order valence-corrected chi connectivity index (χ2v) is 3.69. The monoisotopic (exact) mass is 240 g/mol. The van der Waals surface area contributed by atoms with Crippen LogP contribution in [-0.4, -0.2) is 26.3 Å². The summed E-state index contributed by atoms with van der Waals surface area (Å²) in [6, 6.07) is 3.94. The quantitative estimate of drug-likeness (QED) is 0.776. The molecule has 0 saturated heterocycles. The Hall–Kier alpha value is -1.62. The maximum Gasteiger partial charge on any atom is 0.319 e. The van der Waals surface area contributed by atoms with Crippen molar-refractivity contribution < 1.29 is 13.9 Å². The van der Waals surface area contributed by atoms with Crippen LogP contribution in [0.5, 0.6) is 0 Å². The SMILES string of the molecule is COCCCNC(=O)Nc1cc(F)ccc1C. The second kappa shape index (κ2) is 6.85. The topological polar surface area (TPSA) is 50.4 Å². The van der Waals surface area contributed by atoms with Gasteiger partial charge in [-0.3, -0.25) is 0 Å². The largest absolute Gasteiger partial charge is 0.385 e. The minimum Gasteiger partial charge on any atom is -0.385 e. The van der Waals surface area contributed by atoms with E-state index < -0.39 is 0 Å². The lowest BCUT2D eigenvalue weighted by molar-refractivity contribution is 0.194. The van der Waals surface area contributed by atoms with Gasteiger partial charge < -0.3 is 15.4 Å². The summed E-state index contributed by atoms with van der Waals surface area (Å²) < 4.78 is 17.8. The molecule has 0 saturated carbocycles. The smallest absolute Gasteiger partial charge is 0.319 e. The van der Waals surface area contributed by atoms with Gasteiger partial charge in [0, 0.05) is 25.9 Å². The fourth-order valence-electron chi connectivity index (χ4n) is 1.31. The molecule has 0 aliphatic heterocycles. The first kappa shape index (κ1) is 13.4. The number of anilines is 1. The van der Waals surface area contributed by atoms with E-state index in [4.69, 9.17) is 4.74 Å². The standard InChI is InChI=1S/C12H17FN2O2/c1-9-4-5-10(13)8-11(9)15-12(16)14-6-3-7-17-2/h4-5,8H,3,6-7H2,1-2H3,(H2,14,15,16). The summed E-state index contributed by atoms with van der Waals surface area (Å²) in [5, 5.41) is 5.26. The number of methoxy groups -OCH3 is 1. The molecule has 0 aliphatic rings. The van der Waals surface area contributed by atoms with Gasteiger partial charge in [0.05, 0.1) is 0 Å². The Balaban J connectivity index is 2.42. The number of aryl methyl sites for hydroxylation is 1. The van der Waals surface area contributed by atoms with Gasteiger partial charge in [0.15, 0.2) is 0 Å². The normalized spacial score (nSPS) is 10.1. The van der Waals surface area contributed by atoms with Crippen LogP contribution in [0, 0.1) is 12.7 Å². The molecule has 0 bridgehead atoms. The summed E-state index contributed by atoms with van der Waals surface area (Å²) >= 11 is 0. The number of nitrogens with one attached hydrogen (secondary N) is 2. The van der Waals surface area contributed by atoms with Crippen LogP contribution in [0.4, 0.5) is 14.9 Å². The van der Waals surface area contributed by atoms with E-state index in [9.17, 15) is 9.18 Å². The van der Waals surface area contributed by atoms with Crippen LogP contribution in [-0.2, 0) is 4.74 Å². The van der Waals surface area contributed by atoms with Crippen LogP contribution >= 0.6 is 0 Å². The van der Waals surface area contributed by atoms with E-state index in [0.29, 0.717) is 18.8 Å². The van der Waals surface area contributed by atoms with Gasteiger partial charge in [0.2, 0.25) is 0 Å². The van der Waals surface area contributed by atoms with Gasteiger partial charge >= 0.3 is 6.03 Å². The Labute approximate surface area is 100 Å². The molecule has 2 N–H and O–H groups in total. The Morgan fingerprint density at radius 2 is 2.24 bits per heavy atom. The zero-order chi connectivity index (χ0) is 12.7. The fraction of sp³-hybridized carbons (Fsp3) is 0.417. The molecule has 0 heterocycles. The van der Waals surface area contributed by atoms with Crippen LogP contribution in [0.15, 0.2) is 18.2 Å². The third-order valence-corrected chi connectivity index (χ3v) is 2.26. The molecule has 17 heavy (non-hydrogen) atoms. The van der Waals surface area contributed by atoms with Gasteiger partial charge in [-0.05, 0) is 31.0 Å². The van der Waals surface area contributed by atoms with Gasteiger partial charge in [-0.25, -0.2) is 9.18 Å². The molecule has 0 aliphatic carbocycles. The van der Waals surface area contributed by atoms with Crippen molar-refractivity contribution in [3.63, 3.8) is 0 Å². The summed E-state index contributed by atoms with van der Waals surface area (Å²) in [7, 11) is 1.61. The number of carbonyl (C=O) groups is 1. The van der Waals surface area contributed by atoms with Crippen molar-refractivity contribution >= 4 is 11.7 Å². The molecule has 0 fully saturated rings. The van der Waals surface area contributed by atoms with Crippen molar-refractivity contribution in [3.05, 3.63) is 29.6 Å². The van der Waals surface area contributed by atoms with Crippen molar-refractivity contribution in [3.8, 4) is 0 Å². The number of urea groups is 1. The molecule has 0 radical (unpaired) electrons. The Morgan fingerprint density at radius 3 is 2.94 bits per heavy atom. The molecular formula is C12H17FN2O2. The highest BCUT2D eigenvalue weighted by Gasteiger charge is 2.04. The van der Waals surface area contributed by atoms with E-state index in [-0.39, 0.29) is 11.8 Å². The minimum atomic E-state index is -0.370. The first-order valence-electron chi connectivity index (χ1n) is 5.43. The van der Waals surface area contributed by atoms with Crippen molar-refractivity contribution in [2.24, 2.45) is 0 Å². The van der Waals surface area contributed by atoms with Crippen molar-refractivity contribution in [1.29, 1.82) is 0 Å². The van der Waals surface area contributed by atoms with E-state index in [1.807, 2.05) is 0 Å². The van der Waals surface area contributed by atoms with Gasteiger partial charge in [-0.15, -0.1) is 0 Å². The van der Waals surface area contributed by atoms with Gasteiger partial charge in [0.1, 0.15) is 5.82 Å². The maximum atomic E-state index is 13.0. The van der Waals surface area contributed by atoms with E-state index in [0.717, 1.165) is 12.0 Å². The number of hydrogen-bond acceptors (Lipinski definition) is 2. The van der Waals surface area contributed by atoms with Gasteiger partial charge in [-0.1, -0.05) is 6.07 Å². The molecule has 4 nitrogen and oxygen atoms in total. The second-order valence-electron chi connectivity index (χ2n) is 3.69. The highest BCUT2D eigenvalue weighted by molar-refractivity contribution is 5.89. The van der Waals surface area contributed by atoms with Crippen molar-refractivity contribution in [1.82, 2.24) is 5.32 Å². The number of rotatable bonds is 5. The molecule has 94 valence electrons. The average Bonchev–Trinajstić information content (AvgIpc) is 2.29. The predicted octanol–water partition coefficient (Wildman–Crippen LogP) is 2.29. The Bertz CT molecular complexity index is 383. The number of amides is 2. The lowest BCUT2D eigenvalue weighted by atomic mass is 10.2. The predicted molar refractivity (Wildman–Crippen MR) is 64.7 cm³/mol. The van der Waals surface area contributed by atoms with Crippen LogP contribution in [0.3, 0.4) is 0 Å². The Kier molecular flexibility index (Phi) is 5.42. The van der Waals surface area contributed by atoms with Crippen LogP contribution in [0.2, 0.25) is 0 Å². The third kappa shape index (κ3) is 4.82. The summed E-state index contributed by atoms with van der Waals surface area (Å²) in [5.41, 5.74) is 1.30. The van der Waals surface area contributed by atoms with Crippen molar-refractivity contribution in [2.75, 3.05) is 25.6 Å². The lowest BCUT2D eigenvalue weighted by Crippen LogP contribution is -2.30. The number of benzene rings is 1. The van der Waals surface area contributed by atoms with E-state index >= 15 is 0 Å². The molecule has 1 aromatic carbocycles. The molecule has 5 heteroatoms. The summed E-state index contributed by atoms with van der Waals surface area (Å²) in [6.07, 6.45) is 0.742. The van der Waals surface area contributed by atoms with Crippen LogP contribution in [0.25, 0.3) is 0 Å². The zero-order valence-electron chi connectivity index (χ0n) is 10.0. The highest BCUT2D eigenvalue weighted by atomic mass is 19.1. The molecule has 0 unspecified atom stereocenters. The third-order valence-electron chi connectivity index (χ3n) is 2.26. The number of halogens is 1. The summed E-state index contributed by atoms with van der Waals surface area (Å²) in [5.74, 6) is -0.370. The number of hydrogen-bond donors (Lipinski definition) is 2. The first-order chi connectivity index (χ1) is 8.13. The van der Waals surface area contributed by atoms with Crippen LogP contribution < -0.4 is 10.6 Å². The average molecular weight is 240 g/mol. The van der Waals surface area contributed by atoms with E-state index in [1.165, 1.54) is 12.1 Å². The molecule has 0 spiro atoms. The molecule has 2 amide bonds. The molecule has 1 aromatic rings. The summed E-state index contributed by atoms with van der Waals surface area (Å²) in [4.78, 5) is 11.5. The number of ether oxygens (including phenoxy) is 1. The molecular weight excluding hydrogens is 223 g/mol.